The third-order valence-electron chi connectivity index (χ3n) is 3.02. The van der Waals surface area contributed by atoms with Gasteiger partial charge in [0, 0.05) is 12.6 Å². The number of anilines is 2. The Bertz CT molecular complexity index is 797. The van der Waals surface area contributed by atoms with Crippen LogP contribution in [0.3, 0.4) is 0 Å². The summed E-state index contributed by atoms with van der Waals surface area (Å²) in [5.41, 5.74) is 3.71. The van der Waals surface area contributed by atoms with Gasteiger partial charge >= 0.3 is 5.91 Å². The van der Waals surface area contributed by atoms with Gasteiger partial charge in [0.05, 0.1) is 24.1 Å². The molecule has 0 bridgehead atoms. The molecule has 0 aliphatic heterocycles. The second-order valence-electron chi connectivity index (χ2n) is 5.22. The number of furan rings is 1. The van der Waals surface area contributed by atoms with Crippen LogP contribution in [0.4, 0.5) is 11.4 Å². The predicted octanol–water partition coefficient (Wildman–Crippen LogP) is 2.37. The summed E-state index contributed by atoms with van der Waals surface area (Å²) < 4.78 is 4.94. The van der Waals surface area contributed by atoms with Crippen LogP contribution in [0, 0.1) is 0 Å². The lowest BCUT2D eigenvalue weighted by molar-refractivity contribution is -0.115. The van der Waals surface area contributed by atoms with Gasteiger partial charge in [-0.15, -0.1) is 0 Å². The minimum Gasteiger partial charge on any atom is -0.459 e. The maximum Gasteiger partial charge on any atom is 0.307 e. The zero-order valence-electron chi connectivity index (χ0n) is 13.8. The molecule has 0 saturated heterocycles. The Labute approximate surface area is 144 Å². The number of carbonyl (C=O) groups is 3. The molecule has 8 nitrogen and oxygen atoms in total. The number of hydrazone groups is 1. The van der Waals surface area contributed by atoms with Crippen molar-refractivity contribution in [2.45, 2.75) is 20.3 Å². The summed E-state index contributed by atoms with van der Waals surface area (Å²) in [6.45, 7) is 3.00. The van der Waals surface area contributed by atoms with E-state index in [1.165, 1.54) is 19.3 Å². The van der Waals surface area contributed by atoms with Crippen molar-refractivity contribution in [2.24, 2.45) is 5.10 Å². The van der Waals surface area contributed by atoms with Gasteiger partial charge < -0.3 is 15.1 Å². The second kappa shape index (κ2) is 8.44. The zero-order valence-corrected chi connectivity index (χ0v) is 13.8. The number of hydrogen-bond donors (Lipinski definition) is 3. The molecule has 3 N–H and O–H groups in total. The first-order valence-electron chi connectivity index (χ1n) is 7.49. The Morgan fingerprint density at radius 3 is 2.28 bits per heavy atom. The van der Waals surface area contributed by atoms with Gasteiger partial charge in [0.25, 0.3) is 0 Å². The number of amides is 3. The highest BCUT2D eigenvalue weighted by molar-refractivity contribution is 6.07. The Kier molecular flexibility index (Phi) is 6.05. The van der Waals surface area contributed by atoms with Crippen molar-refractivity contribution < 1.29 is 18.8 Å². The van der Waals surface area contributed by atoms with Crippen LogP contribution in [0.5, 0.6) is 0 Å². The van der Waals surface area contributed by atoms with E-state index in [0.29, 0.717) is 17.1 Å². The normalized spacial score (nSPS) is 10.9. The second-order valence-corrected chi connectivity index (χ2v) is 5.22. The monoisotopic (exact) mass is 342 g/mol. The molecule has 0 radical (unpaired) electrons. The van der Waals surface area contributed by atoms with Crippen molar-refractivity contribution in [1.29, 1.82) is 0 Å². The number of nitrogens with one attached hydrogen (secondary N) is 3. The van der Waals surface area contributed by atoms with E-state index in [0.717, 1.165) is 0 Å². The van der Waals surface area contributed by atoms with Crippen LogP contribution in [0.1, 0.15) is 30.8 Å². The fraction of sp³-hybridized carbons (Fsp3) is 0.176. The van der Waals surface area contributed by atoms with E-state index < -0.39 is 5.91 Å². The largest absolute Gasteiger partial charge is 0.459 e. The summed E-state index contributed by atoms with van der Waals surface area (Å²) in [4.78, 5) is 35.0. The molecule has 0 aliphatic rings. The first kappa shape index (κ1) is 17.9. The highest BCUT2D eigenvalue weighted by atomic mass is 16.3. The molecule has 2 aromatic rings. The summed E-state index contributed by atoms with van der Waals surface area (Å²) in [6, 6.07) is 9.94. The number of para-hydroxylation sites is 2. The van der Waals surface area contributed by atoms with E-state index in [4.69, 9.17) is 4.42 Å². The van der Waals surface area contributed by atoms with E-state index in [1.54, 1.807) is 37.3 Å². The summed E-state index contributed by atoms with van der Waals surface area (Å²) >= 11 is 0. The van der Waals surface area contributed by atoms with Crippen LogP contribution in [-0.4, -0.2) is 23.4 Å². The van der Waals surface area contributed by atoms with Crippen molar-refractivity contribution in [1.82, 2.24) is 5.43 Å². The van der Waals surface area contributed by atoms with Gasteiger partial charge in [0.2, 0.25) is 11.8 Å². The van der Waals surface area contributed by atoms with E-state index in [-0.39, 0.29) is 24.0 Å². The Hall–Kier alpha value is -3.42. The molecule has 25 heavy (non-hydrogen) atoms. The lowest BCUT2D eigenvalue weighted by Crippen LogP contribution is -2.21. The van der Waals surface area contributed by atoms with Crippen molar-refractivity contribution in [2.75, 3.05) is 10.6 Å². The molecule has 0 spiro atoms. The molecule has 130 valence electrons. The fourth-order valence-electron chi connectivity index (χ4n) is 1.97. The van der Waals surface area contributed by atoms with Crippen molar-refractivity contribution in [3.05, 3.63) is 48.4 Å². The standard InChI is InChI=1S/C17H18N4O4/c1-11(20-21-17(24)15-8-5-9-25-15)10-16(23)19-14-7-4-3-6-13(14)18-12(2)22/h3-9H,10H2,1-2H3,(H,18,22)(H,19,23)(H,21,24). The van der Waals surface area contributed by atoms with Gasteiger partial charge in [0.15, 0.2) is 5.76 Å². The van der Waals surface area contributed by atoms with Crippen LogP contribution in [0.25, 0.3) is 0 Å². The SMILES string of the molecule is CC(=O)Nc1ccccc1NC(=O)CC(C)=NNC(=O)c1ccco1. The van der Waals surface area contributed by atoms with Gasteiger partial charge in [-0.3, -0.25) is 14.4 Å². The Balaban J connectivity index is 1.92. The molecular weight excluding hydrogens is 324 g/mol. The lowest BCUT2D eigenvalue weighted by atomic mass is 10.2. The van der Waals surface area contributed by atoms with Crippen LogP contribution in [0.15, 0.2) is 52.2 Å². The number of nitrogens with zero attached hydrogens (tertiary/aromatic N) is 1. The molecule has 1 aromatic heterocycles. The van der Waals surface area contributed by atoms with Crippen molar-refractivity contribution >= 4 is 34.8 Å². The Morgan fingerprint density at radius 1 is 1.00 bits per heavy atom. The summed E-state index contributed by atoms with van der Waals surface area (Å²) in [6.07, 6.45) is 1.36. The first-order chi connectivity index (χ1) is 12.0. The maximum absolute atomic E-state index is 12.1. The molecule has 8 heteroatoms. The van der Waals surface area contributed by atoms with E-state index in [9.17, 15) is 14.4 Å². The number of hydrogen-bond acceptors (Lipinski definition) is 5. The molecule has 1 heterocycles. The number of rotatable bonds is 6. The van der Waals surface area contributed by atoms with Gasteiger partial charge in [-0.2, -0.15) is 5.10 Å². The van der Waals surface area contributed by atoms with E-state index in [1.807, 2.05) is 0 Å². The zero-order chi connectivity index (χ0) is 18.2. The molecule has 0 saturated carbocycles. The van der Waals surface area contributed by atoms with Crippen molar-refractivity contribution in [3.8, 4) is 0 Å². The third-order valence-corrected chi connectivity index (χ3v) is 3.02. The highest BCUT2D eigenvalue weighted by Crippen LogP contribution is 2.21. The van der Waals surface area contributed by atoms with Gasteiger partial charge in [0.1, 0.15) is 0 Å². The quantitative estimate of drug-likeness (QED) is 0.552. The average Bonchev–Trinajstić information content (AvgIpc) is 3.08. The Morgan fingerprint density at radius 2 is 1.68 bits per heavy atom. The molecule has 0 aliphatic carbocycles. The lowest BCUT2D eigenvalue weighted by Gasteiger charge is -2.11. The molecule has 3 amide bonds. The summed E-state index contributed by atoms with van der Waals surface area (Å²) in [5, 5.41) is 9.19. The van der Waals surface area contributed by atoms with Crippen LogP contribution < -0.4 is 16.1 Å². The topological polar surface area (TPSA) is 113 Å². The predicted molar refractivity (Wildman–Crippen MR) is 93.3 cm³/mol. The molecule has 0 unspecified atom stereocenters. The van der Waals surface area contributed by atoms with Gasteiger partial charge in [-0.05, 0) is 31.2 Å². The number of benzene rings is 1. The summed E-state index contributed by atoms with van der Waals surface area (Å²) in [5.74, 6) is -0.933. The molecular formula is C17H18N4O4. The highest BCUT2D eigenvalue weighted by Gasteiger charge is 2.10. The van der Waals surface area contributed by atoms with Gasteiger partial charge in [-0.1, -0.05) is 12.1 Å². The first-order valence-corrected chi connectivity index (χ1v) is 7.49. The van der Waals surface area contributed by atoms with Gasteiger partial charge in [-0.25, -0.2) is 5.43 Å². The van der Waals surface area contributed by atoms with Crippen LogP contribution >= 0.6 is 0 Å². The van der Waals surface area contributed by atoms with E-state index in [2.05, 4.69) is 21.2 Å². The minimum absolute atomic E-state index is 0.0210. The minimum atomic E-state index is -0.499. The molecule has 2 rings (SSSR count). The summed E-state index contributed by atoms with van der Waals surface area (Å²) in [7, 11) is 0. The molecule has 1 aromatic carbocycles. The van der Waals surface area contributed by atoms with Crippen LogP contribution in [0.2, 0.25) is 0 Å². The van der Waals surface area contributed by atoms with Crippen molar-refractivity contribution in [3.63, 3.8) is 0 Å². The molecule has 0 fully saturated rings. The fourth-order valence-corrected chi connectivity index (χ4v) is 1.97. The smallest absolute Gasteiger partial charge is 0.307 e. The molecule has 0 atom stereocenters. The average molecular weight is 342 g/mol. The maximum atomic E-state index is 12.1. The third kappa shape index (κ3) is 5.61. The number of carbonyl (C=O) groups excluding carboxylic acids is 3. The van der Waals surface area contributed by atoms with Crippen LogP contribution in [-0.2, 0) is 9.59 Å². The van der Waals surface area contributed by atoms with E-state index >= 15 is 0 Å².